The number of nitrogens with zero attached hydrogens (tertiary/aromatic N) is 2. The summed E-state index contributed by atoms with van der Waals surface area (Å²) >= 11 is 0. The summed E-state index contributed by atoms with van der Waals surface area (Å²) in [6.07, 6.45) is 5.28. The first-order chi connectivity index (χ1) is 16.4. The molecular formula is C27H33N3O4. The number of rotatable bonds is 9. The number of ether oxygens (including phenoxy) is 1. The minimum absolute atomic E-state index is 0.183. The third-order valence-electron chi connectivity index (χ3n) is 5.76. The summed E-state index contributed by atoms with van der Waals surface area (Å²) in [6, 6.07) is 15.2. The Morgan fingerprint density at radius 2 is 1.97 bits per heavy atom. The highest BCUT2D eigenvalue weighted by Crippen LogP contribution is 2.33. The highest BCUT2D eigenvalue weighted by molar-refractivity contribution is 5.93. The quantitative estimate of drug-likeness (QED) is 0.389. The van der Waals surface area contributed by atoms with Crippen molar-refractivity contribution in [1.82, 2.24) is 10.4 Å². The molecule has 34 heavy (non-hydrogen) atoms. The first kappa shape index (κ1) is 25.2. The molecule has 3 rings (SSSR count). The van der Waals surface area contributed by atoms with E-state index in [1.54, 1.807) is 17.6 Å². The second-order valence-electron chi connectivity index (χ2n) is 8.29. The molecule has 0 saturated heterocycles. The molecule has 1 aliphatic rings. The average Bonchev–Trinajstić information content (AvgIpc) is 2.92. The molecule has 0 fully saturated rings. The van der Waals surface area contributed by atoms with E-state index in [2.05, 4.69) is 17.5 Å². The molecule has 180 valence electrons. The Balaban J connectivity index is 1.79. The lowest BCUT2D eigenvalue weighted by Crippen LogP contribution is -2.32. The Labute approximate surface area is 201 Å². The number of carbonyl (C=O) groups excluding carboxylic acids is 1. The molecule has 1 aliphatic heterocycles. The van der Waals surface area contributed by atoms with Gasteiger partial charge in [-0.3, -0.25) is 10.0 Å². The van der Waals surface area contributed by atoms with E-state index in [-0.39, 0.29) is 6.61 Å². The van der Waals surface area contributed by atoms with Gasteiger partial charge >= 0.3 is 0 Å². The number of aliphatic hydroxyl groups is 1. The maximum Gasteiger partial charge on any atom is 0.274 e. The highest BCUT2D eigenvalue weighted by Gasteiger charge is 2.18. The number of benzene rings is 2. The Bertz CT molecular complexity index is 1050. The van der Waals surface area contributed by atoms with Gasteiger partial charge in [0, 0.05) is 42.0 Å². The number of hydrogen-bond acceptors (Lipinski definition) is 6. The van der Waals surface area contributed by atoms with Crippen molar-refractivity contribution in [3.63, 3.8) is 0 Å². The van der Waals surface area contributed by atoms with Crippen LogP contribution < -0.4 is 10.4 Å². The van der Waals surface area contributed by atoms with Crippen molar-refractivity contribution >= 4 is 17.2 Å². The molecule has 1 heterocycles. The average molecular weight is 464 g/mol. The molecule has 3 N–H and O–H groups in total. The fourth-order valence-corrected chi connectivity index (χ4v) is 3.74. The zero-order valence-corrected chi connectivity index (χ0v) is 19.8. The van der Waals surface area contributed by atoms with Crippen LogP contribution in [-0.4, -0.2) is 60.5 Å². The second-order valence-corrected chi connectivity index (χ2v) is 8.29. The van der Waals surface area contributed by atoms with Crippen LogP contribution in [0.15, 0.2) is 79.1 Å². The van der Waals surface area contributed by atoms with Gasteiger partial charge in [-0.15, -0.1) is 0 Å². The molecule has 0 spiro atoms. The van der Waals surface area contributed by atoms with E-state index in [4.69, 9.17) is 9.94 Å². The van der Waals surface area contributed by atoms with Crippen LogP contribution in [0.4, 0.5) is 5.69 Å². The molecule has 2 aromatic carbocycles. The number of nitrogens with one attached hydrogen (secondary N) is 1. The molecule has 2 aromatic rings. The molecule has 0 aromatic heterocycles. The van der Waals surface area contributed by atoms with Crippen molar-refractivity contribution in [3.8, 4) is 0 Å². The summed E-state index contributed by atoms with van der Waals surface area (Å²) in [5, 5.41) is 19.2. The number of aliphatic hydroxyl groups excluding tert-OH is 1. The predicted molar refractivity (Wildman–Crippen MR) is 135 cm³/mol. The van der Waals surface area contributed by atoms with E-state index < -0.39 is 12.0 Å². The lowest BCUT2D eigenvalue weighted by Gasteiger charge is -2.27. The number of anilines is 1. The zero-order chi connectivity index (χ0) is 24.5. The summed E-state index contributed by atoms with van der Waals surface area (Å²) in [5.41, 5.74) is 5.78. The number of amides is 1. The first-order valence-electron chi connectivity index (χ1n) is 11.4. The van der Waals surface area contributed by atoms with Crippen LogP contribution >= 0.6 is 0 Å². The van der Waals surface area contributed by atoms with Crippen LogP contribution in [0.3, 0.4) is 0 Å². The van der Waals surface area contributed by atoms with Gasteiger partial charge in [0.1, 0.15) is 18.5 Å². The normalized spacial score (nSPS) is 17.0. The summed E-state index contributed by atoms with van der Waals surface area (Å²) in [6.45, 7) is 9.21. The SMILES string of the molecule is C=C1/C(OCC(O)CN(C)CC)=C\C=C/CN(Cc2ccc(C(=O)NO)cc2)c2ccccc21. The van der Waals surface area contributed by atoms with Gasteiger partial charge in [-0.2, -0.15) is 0 Å². The van der Waals surface area contributed by atoms with Crippen molar-refractivity contribution in [2.75, 3.05) is 38.2 Å². The molecule has 1 atom stereocenters. The minimum atomic E-state index is -0.599. The topological polar surface area (TPSA) is 85.3 Å². The van der Waals surface area contributed by atoms with Crippen LogP contribution in [0.1, 0.15) is 28.4 Å². The number of hydrogen-bond donors (Lipinski definition) is 3. The Morgan fingerprint density at radius 3 is 2.68 bits per heavy atom. The lowest BCUT2D eigenvalue weighted by atomic mass is 10.0. The third kappa shape index (κ3) is 6.57. The van der Waals surface area contributed by atoms with Gasteiger partial charge in [0.15, 0.2) is 0 Å². The van der Waals surface area contributed by atoms with Crippen LogP contribution in [0.2, 0.25) is 0 Å². The van der Waals surface area contributed by atoms with Crippen molar-refractivity contribution in [2.24, 2.45) is 0 Å². The maximum absolute atomic E-state index is 11.6. The summed E-state index contributed by atoms with van der Waals surface area (Å²) in [5.74, 6) is 0.0899. The third-order valence-corrected chi connectivity index (χ3v) is 5.76. The van der Waals surface area contributed by atoms with Gasteiger partial charge in [0.25, 0.3) is 5.91 Å². The van der Waals surface area contributed by atoms with Crippen LogP contribution in [0.25, 0.3) is 5.57 Å². The fraction of sp³-hybridized carbons (Fsp3) is 0.296. The van der Waals surface area contributed by atoms with Crippen LogP contribution in [0, 0.1) is 0 Å². The summed E-state index contributed by atoms with van der Waals surface area (Å²) in [7, 11) is 1.96. The highest BCUT2D eigenvalue weighted by atomic mass is 16.5. The number of fused-ring (bicyclic) bond motifs is 1. The van der Waals surface area contributed by atoms with E-state index >= 15 is 0 Å². The van der Waals surface area contributed by atoms with E-state index in [1.807, 2.05) is 67.4 Å². The monoisotopic (exact) mass is 463 g/mol. The molecule has 0 bridgehead atoms. The number of para-hydroxylation sites is 1. The predicted octanol–water partition coefficient (Wildman–Crippen LogP) is 3.61. The molecule has 0 saturated carbocycles. The molecule has 1 unspecified atom stereocenters. The maximum atomic E-state index is 11.6. The van der Waals surface area contributed by atoms with E-state index in [0.717, 1.165) is 28.9 Å². The van der Waals surface area contributed by atoms with E-state index in [1.165, 1.54) is 0 Å². The Morgan fingerprint density at radius 1 is 1.24 bits per heavy atom. The molecular weight excluding hydrogens is 430 g/mol. The van der Waals surface area contributed by atoms with Gasteiger partial charge in [-0.1, -0.05) is 56.0 Å². The van der Waals surface area contributed by atoms with Crippen molar-refractivity contribution in [2.45, 2.75) is 19.6 Å². The zero-order valence-electron chi connectivity index (χ0n) is 19.8. The Hall–Kier alpha value is -3.39. The number of likely N-dealkylation sites (N-methyl/N-ethyl adjacent to an activating group) is 1. The van der Waals surface area contributed by atoms with Gasteiger partial charge in [-0.25, -0.2) is 5.48 Å². The number of hydroxylamine groups is 1. The molecule has 1 amide bonds. The van der Waals surface area contributed by atoms with Gasteiger partial charge in [0.05, 0.1) is 0 Å². The molecule has 0 radical (unpaired) electrons. The number of allylic oxidation sites excluding steroid dienone is 3. The lowest BCUT2D eigenvalue weighted by molar-refractivity contribution is 0.0541. The van der Waals surface area contributed by atoms with Crippen LogP contribution in [0.5, 0.6) is 0 Å². The fourth-order valence-electron chi connectivity index (χ4n) is 3.74. The van der Waals surface area contributed by atoms with Gasteiger partial charge in [-0.05, 0) is 43.4 Å². The minimum Gasteiger partial charge on any atom is -0.490 e. The summed E-state index contributed by atoms with van der Waals surface area (Å²) < 4.78 is 6.01. The largest absolute Gasteiger partial charge is 0.490 e. The summed E-state index contributed by atoms with van der Waals surface area (Å²) in [4.78, 5) is 15.9. The van der Waals surface area contributed by atoms with Gasteiger partial charge < -0.3 is 19.6 Å². The molecule has 7 heteroatoms. The van der Waals surface area contributed by atoms with Crippen LogP contribution in [-0.2, 0) is 11.3 Å². The second kappa shape index (κ2) is 12.2. The van der Waals surface area contributed by atoms with Gasteiger partial charge in [0.2, 0.25) is 0 Å². The molecule has 0 aliphatic carbocycles. The van der Waals surface area contributed by atoms with Crippen molar-refractivity contribution in [1.29, 1.82) is 0 Å². The van der Waals surface area contributed by atoms with Crippen molar-refractivity contribution < 1.29 is 19.8 Å². The smallest absolute Gasteiger partial charge is 0.274 e. The number of carbonyl (C=O) groups is 1. The Kier molecular flexibility index (Phi) is 9.04. The standard InChI is InChI=1S/C27H33N3O4/c1-4-29(3)18-23(31)19-34-26-11-7-8-16-30(25-10-6-5-9-24(25)20(26)2)17-21-12-14-22(15-13-21)27(32)28-33/h5-15,23,31,33H,2,4,16-19H2,1,3H3,(H,28,32)/b8-7-,26-11+. The van der Waals surface area contributed by atoms with E-state index in [9.17, 15) is 9.90 Å². The molecule has 7 nitrogen and oxygen atoms in total. The van der Waals surface area contributed by atoms with Crippen molar-refractivity contribution in [3.05, 3.63) is 95.8 Å². The van der Waals surface area contributed by atoms with E-state index in [0.29, 0.717) is 31.0 Å². The first-order valence-corrected chi connectivity index (χ1v) is 11.4.